The van der Waals surface area contributed by atoms with E-state index >= 15 is 0 Å². The molecule has 1 aromatic heterocycles. The van der Waals surface area contributed by atoms with Crippen LogP contribution in [0, 0.1) is 6.92 Å². The first-order valence-electron chi connectivity index (χ1n) is 11.1. The van der Waals surface area contributed by atoms with Crippen molar-refractivity contribution in [2.75, 3.05) is 45.9 Å². The predicted octanol–water partition coefficient (Wildman–Crippen LogP) is 3.34. The number of benzene rings is 1. The number of aromatic nitrogens is 3. The molecular weight excluding hydrogens is 541 g/mol. The zero-order chi connectivity index (χ0) is 22.1. The van der Waals surface area contributed by atoms with Gasteiger partial charge in [0.15, 0.2) is 11.8 Å². The highest BCUT2D eigenvalue weighted by atomic mass is 127. The summed E-state index contributed by atoms with van der Waals surface area (Å²) in [6, 6.07) is 7.52. The summed E-state index contributed by atoms with van der Waals surface area (Å²) in [4.78, 5) is 9.63. The first-order valence-corrected chi connectivity index (χ1v) is 11.4. The smallest absolute Gasteiger partial charge is 0.194 e. The first-order chi connectivity index (χ1) is 15.1. The molecule has 0 bridgehead atoms. The molecule has 0 aliphatic carbocycles. The fourth-order valence-electron chi connectivity index (χ4n) is 3.39. The molecule has 32 heavy (non-hydrogen) atoms. The second-order valence-corrected chi connectivity index (χ2v) is 8.21. The van der Waals surface area contributed by atoms with E-state index in [0.29, 0.717) is 13.2 Å². The van der Waals surface area contributed by atoms with Gasteiger partial charge in [0.05, 0.1) is 0 Å². The molecule has 2 heterocycles. The van der Waals surface area contributed by atoms with E-state index in [-0.39, 0.29) is 24.0 Å². The molecule has 3 rings (SSSR count). The highest BCUT2D eigenvalue weighted by Gasteiger charge is 2.20. The fourth-order valence-corrected chi connectivity index (χ4v) is 3.51. The average Bonchev–Trinajstić information content (AvgIpc) is 3.10. The van der Waals surface area contributed by atoms with Gasteiger partial charge in [-0.3, -0.25) is 4.90 Å². The van der Waals surface area contributed by atoms with Gasteiger partial charge >= 0.3 is 0 Å². The summed E-state index contributed by atoms with van der Waals surface area (Å²) in [5, 5.41) is 12.6. The molecule has 178 valence electrons. The summed E-state index contributed by atoms with van der Waals surface area (Å²) in [6.07, 6.45) is 2.29. The number of aryl methyl sites for hydroxylation is 1. The van der Waals surface area contributed by atoms with E-state index in [9.17, 15) is 0 Å². The van der Waals surface area contributed by atoms with Crippen molar-refractivity contribution in [3.63, 3.8) is 0 Å². The van der Waals surface area contributed by atoms with Crippen molar-refractivity contribution in [1.82, 2.24) is 29.9 Å². The van der Waals surface area contributed by atoms with E-state index in [1.165, 1.54) is 0 Å². The van der Waals surface area contributed by atoms with Crippen LogP contribution in [0.5, 0.6) is 5.75 Å². The van der Waals surface area contributed by atoms with Gasteiger partial charge in [-0.25, -0.2) is 4.99 Å². The van der Waals surface area contributed by atoms with Crippen LogP contribution in [0.4, 0.5) is 0 Å². The molecule has 1 N–H and O–H groups in total. The zero-order valence-electron chi connectivity index (χ0n) is 19.3. The third-order valence-corrected chi connectivity index (χ3v) is 5.78. The Bertz CT molecular complexity index is 835. The molecular formula is C22H35ClIN7O. The monoisotopic (exact) mass is 575 g/mol. The van der Waals surface area contributed by atoms with Gasteiger partial charge in [-0.2, -0.15) is 0 Å². The van der Waals surface area contributed by atoms with Crippen LogP contribution in [0.1, 0.15) is 31.4 Å². The molecule has 1 fully saturated rings. The standard InChI is InChI=1S/C22H34ClN7O.HI/c1-4-5-10-24-22(25-17-21-27-26-18(2)28(21)3)30-13-11-29(12-14-30)15-16-31-20-8-6-19(23)7-9-20;/h6-9H,4-5,10-17H2,1-3H3,(H,24,25);1H. The summed E-state index contributed by atoms with van der Waals surface area (Å²) in [5.74, 6) is 3.60. The minimum Gasteiger partial charge on any atom is -0.492 e. The number of aliphatic imine (C=N–C) groups is 1. The maximum absolute atomic E-state index is 5.92. The molecule has 1 aliphatic rings. The van der Waals surface area contributed by atoms with Crippen LogP contribution in [-0.2, 0) is 13.6 Å². The molecule has 0 amide bonds. The zero-order valence-corrected chi connectivity index (χ0v) is 22.3. The number of nitrogens with one attached hydrogen (secondary N) is 1. The number of piperazine rings is 1. The number of rotatable bonds is 9. The predicted molar refractivity (Wildman–Crippen MR) is 140 cm³/mol. The third kappa shape index (κ3) is 8.08. The minimum atomic E-state index is 0. The van der Waals surface area contributed by atoms with Gasteiger partial charge in [0.1, 0.15) is 24.7 Å². The lowest BCUT2D eigenvalue weighted by Gasteiger charge is -2.36. The molecule has 10 heteroatoms. The second kappa shape index (κ2) is 13.8. The number of ether oxygens (including phenoxy) is 1. The summed E-state index contributed by atoms with van der Waals surface area (Å²) in [7, 11) is 1.98. The van der Waals surface area contributed by atoms with Crippen LogP contribution in [-0.4, -0.2) is 76.4 Å². The average molecular weight is 576 g/mol. The highest BCUT2D eigenvalue weighted by Crippen LogP contribution is 2.15. The summed E-state index contributed by atoms with van der Waals surface area (Å²) in [5.41, 5.74) is 0. The number of guanidine groups is 1. The van der Waals surface area contributed by atoms with Crippen molar-refractivity contribution in [3.05, 3.63) is 40.9 Å². The third-order valence-electron chi connectivity index (χ3n) is 5.53. The van der Waals surface area contributed by atoms with Gasteiger partial charge in [0, 0.05) is 51.3 Å². The van der Waals surface area contributed by atoms with Gasteiger partial charge in [0.2, 0.25) is 0 Å². The van der Waals surface area contributed by atoms with Crippen molar-refractivity contribution in [1.29, 1.82) is 0 Å². The van der Waals surface area contributed by atoms with Gasteiger partial charge in [0.25, 0.3) is 0 Å². The second-order valence-electron chi connectivity index (χ2n) is 7.77. The number of nitrogens with zero attached hydrogens (tertiary/aromatic N) is 6. The SMILES string of the molecule is CCCCNC(=NCc1nnc(C)n1C)N1CCN(CCOc2ccc(Cl)cc2)CC1.I. The number of hydrogen-bond donors (Lipinski definition) is 1. The van der Waals surface area contributed by atoms with Crippen LogP contribution < -0.4 is 10.1 Å². The molecule has 0 radical (unpaired) electrons. The summed E-state index contributed by atoms with van der Waals surface area (Å²) in [6.45, 7) is 11.1. The number of halogens is 2. The molecule has 1 saturated heterocycles. The van der Waals surface area contributed by atoms with Crippen LogP contribution in [0.15, 0.2) is 29.3 Å². The van der Waals surface area contributed by atoms with E-state index in [1.807, 2.05) is 42.8 Å². The Morgan fingerprint density at radius 3 is 2.50 bits per heavy atom. The molecule has 0 spiro atoms. The van der Waals surface area contributed by atoms with Crippen LogP contribution >= 0.6 is 35.6 Å². The fraction of sp³-hybridized carbons (Fsp3) is 0.591. The molecule has 8 nitrogen and oxygen atoms in total. The van der Waals surface area contributed by atoms with Gasteiger partial charge in [-0.15, -0.1) is 34.2 Å². The Labute approximate surface area is 213 Å². The Morgan fingerprint density at radius 1 is 1.16 bits per heavy atom. The molecule has 0 unspecified atom stereocenters. The number of hydrogen-bond acceptors (Lipinski definition) is 5. The molecule has 1 aliphatic heterocycles. The van der Waals surface area contributed by atoms with E-state index in [0.717, 1.165) is 80.5 Å². The Morgan fingerprint density at radius 2 is 1.88 bits per heavy atom. The molecule has 0 atom stereocenters. The Hall–Kier alpha value is -1.59. The van der Waals surface area contributed by atoms with E-state index < -0.39 is 0 Å². The van der Waals surface area contributed by atoms with Crippen LogP contribution in [0.2, 0.25) is 5.02 Å². The van der Waals surface area contributed by atoms with Gasteiger partial charge < -0.3 is 19.5 Å². The number of unbranched alkanes of at least 4 members (excludes halogenated alkanes) is 1. The molecule has 1 aromatic carbocycles. The van der Waals surface area contributed by atoms with Crippen molar-refractivity contribution < 1.29 is 4.74 Å². The maximum Gasteiger partial charge on any atom is 0.194 e. The quantitative estimate of drug-likeness (QED) is 0.214. The molecule has 0 saturated carbocycles. The van der Waals surface area contributed by atoms with Crippen molar-refractivity contribution in [2.45, 2.75) is 33.2 Å². The Balaban J connectivity index is 0.00000363. The summed E-state index contributed by atoms with van der Waals surface area (Å²) < 4.78 is 7.83. The van der Waals surface area contributed by atoms with Crippen molar-refractivity contribution in [3.8, 4) is 5.75 Å². The lowest BCUT2D eigenvalue weighted by molar-refractivity contribution is 0.152. The van der Waals surface area contributed by atoms with Gasteiger partial charge in [-0.1, -0.05) is 24.9 Å². The van der Waals surface area contributed by atoms with Gasteiger partial charge in [-0.05, 0) is 37.6 Å². The lowest BCUT2D eigenvalue weighted by Crippen LogP contribution is -2.53. The van der Waals surface area contributed by atoms with Crippen LogP contribution in [0.3, 0.4) is 0 Å². The van der Waals surface area contributed by atoms with E-state index in [2.05, 4.69) is 32.2 Å². The first kappa shape index (κ1) is 26.7. The topological polar surface area (TPSA) is 70.8 Å². The Kier molecular flexibility index (Phi) is 11.5. The highest BCUT2D eigenvalue weighted by molar-refractivity contribution is 14.0. The van der Waals surface area contributed by atoms with Crippen LogP contribution in [0.25, 0.3) is 0 Å². The summed E-state index contributed by atoms with van der Waals surface area (Å²) >= 11 is 5.92. The maximum atomic E-state index is 5.92. The normalized spacial score (nSPS) is 14.9. The lowest BCUT2D eigenvalue weighted by atomic mass is 10.3. The van der Waals surface area contributed by atoms with Crippen molar-refractivity contribution in [2.24, 2.45) is 12.0 Å². The van der Waals surface area contributed by atoms with Crippen molar-refractivity contribution >= 4 is 41.5 Å². The van der Waals surface area contributed by atoms with E-state index in [4.69, 9.17) is 21.3 Å². The molecule has 2 aromatic rings. The van der Waals surface area contributed by atoms with E-state index in [1.54, 1.807) is 0 Å². The largest absolute Gasteiger partial charge is 0.492 e. The minimum absolute atomic E-state index is 0.